The van der Waals surface area contributed by atoms with Crippen LogP contribution in [0.5, 0.6) is 0 Å². The molecule has 0 unspecified atom stereocenters. The first-order valence-corrected chi connectivity index (χ1v) is 4.68. The second kappa shape index (κ2) is 4.23. The zero-order valence-corrected chi connectivity index (χ0v) is 9.12. The molecule has 4 heteroatoms. The molecule has 0 aliphatic heterocycles. The summed E-state index contributed by atoms with van der Waals surface area (Å²) in [5, 5.41) is 11.3. The van der Waals surface area contributed by atoms with Crippen LogP contribution in [0.25, 0.3) is 0 Å². The fourth-order valence-corrected chi connectivity index (χ4v) is 1.40. The summed E-state index contributed by atoms with van der Waals surface area (Å²) >= 11 is 2.12. The van der Waals surface area contributed by atoms with E-state index in [9.17, 15) is 4.79 Å². The molecule has 0 aromatic heterocycles. The summed E-state index contributed by atoms with van der Waals surface area (Å²) in [6.45, 7) is 1.42. The zero-order chi connectivity index (χ0) is 9.84. The van der Waals surface area contributed by atoms with E-state index >= 15 is 0 Å². The predicted molar refractivity (Wildman–Crippen MR) is 58.2 cm³/mol. The lowest BCUT2D eigenvalue weighted by Crippen LogP contribution is -2.07. The number of carbonyl (C=O) groups excluding carboxylic acids is 1. The van der Waals surface area contributed by atoms with Gasteiger partial charge in [-0.25, -0.2) is 0 Å². The number of nitrogens with one attached hydrogen (secondary N) is 1. The molecule has 1 amide bonds. The normalized spacial score (nSPS) is 9.00. The molecule has 0 saturated heterocycles. The molecule has 0 radical (unpaired) electrons. The molecule has 0 aliphatic rings. The van der Waals surface area contributed by atoms with Crippen molar-refractivity contribution in [3.63, 3.8) is 0 Å². The number of rotatable bonds is 1. The summed E-state index contributed by atoms with van der Waals surface area (Å²) in [4.78, 5) is 10.7. The molecule has 1 aromatic carbocycles. The van der Waals surface area contributed by atoms with Crippen LogP contribution in [0.15, 0.2) is 18.2 Å². The van der Waals surface area contributed by atoms with E-state index in [1.807, 2.05) is 12.1 Å². The van der Waals surface area contributed by atoms with Crippen LogP contribution in [-0.2, 0) is 4.79 Å². The Morgan fingerprint density at radius 2 is 2.31 bits per heavy atom. The molecule has 1 N–H and O–H groups in total. The first-order chi connectivity index (χ1) is 6.13. The average Bonchev–Trinajstić information content (AvgIpc) is 2.07. The highest BCUT2D eigenvalue weighted by molar-refractivity contribution is 14.1. The quantitative estimate of drug-likeness (QED) is 0.804. The minimum Gasteiger partial charge on any atom is -0.325 e. The molecule has 0 fully saturated rings. The van der Waals surface area contributed by atoms with Gasteiger partial charge in [0, 0.05) is 10.5 Å². The van der Waals surface area contributed by atoms with Gasteiger partial charge in [-0.2, -0.15) is 5.26 Å². The van der Waals surface area contributed by atoms with Crippen LogP contribution in [0.3, 0.4) is 0 Å². The number of nitrogens with zero attached hydrogens (tertiary/aromatic N) is 1. The van der Waals surface area contributed by atoms with E-state index in [2.05, 4.69) is 27.9 Å². The van der Waals surface area contributed by atoms with Crippen LogP contribution in [0.4, 0.5) is 5.69 Å². The fourth-order valence-electron chi connectivity index (χ4n) is 0.908. The van der Waals surface area contributed by atoms with Gasteiger partial charge >= 0.3 is 0 Å². The number of anilines is 1. The van der Waals surface area contributed by atoms with E-state index in [0.29, 0.717) is 11.3 Å². The number of carbonyl (C=O) groups is 1. The van der Waals surface area contributed by atoms with Gasteiger partial charge in [-0.3, -0.25) is 4.79 Å². The number of nitriles is 1. The summed E-state index contributed by atoms with van der Waals surface area (Å²) < 4.78 is 0.975. The molecular formula is C9H7IN2O. The Morgan fingerprint density at radius 3 is 2.85 bits per heavy atom. The van der Waals surface area contributed by atoms with E-state index in [0.717, 1.165) is 3.57 Å². The lowest BCUT2D eigenvalue weighted by atomic mass is 10.2. The van der Waals surface area contributed by atoms with E-state index in [1.54, 1.807) is 12.1 Å². The Balaban J connectivity index is 3.08. The summed E-state index contributed by atoms with van der Waals surface area (Å²) in [5.41, 5.74) is 1.05. The Hall–Kier alpha value is -1.09. The Labute approximate surface area is 89.9 Å². The van der Waals surface area contributed by atoms with E-state index in [1.165, 1.54) is 6.92 Å². The van der Waals surface area contributed by atoms with Gasteiger partial charge < -0.3 is 5.32 Å². The maximum Gasteiger partial charge on any atom is 0.221 e. The number of benzene rings is 1. The predicted octanol–water partition coefficient (Wildman–Crippen LogP) is 2.12. The van der Waals surface area contributed by atoms with Crippen molar-refractivity contribution in [1.29, 1.82) is 5.26 Å². The molecular weight excluding hydrogens is 279 g/mol. The van der Waals surface area contributed by atoms with Crippen molar-refractivity contribution >= 4 is 34.2 Å². The number of amides is 1. The van der Waals surface area contributed by atoms with Gasteiger partial charge in [0.1, 0.15) is 6.07 Å². The van der Waals surface area contributed by atoms with Crippen LogP contribution in [0.2, 0.25) is 0 Å². The standard InChI is InChI=1S/C9H7IN2O/c1-6(13)12-9-3-2-8(10)4-7(9)5-11/h2-4H,1H3,(H,12,13). The molecule has 0 aliphatic carbocycles. The van der Waals surface area contributed by atoms with Gasteiger partial charge in [-0.1, -0.05) is 0 Å². The van der Waals surface area contributed by atoms with Crippen molar-refractivity contribution in [1.82, 2.24) is 0 Å². The van der Waals surface area contributed by atoms with Gasteiger partial charge in [0.05, 0.1) is 11.3 Å². The van der Waals surface area contributed by atoms with Crippen LogP contribution >= 0.6 is 22.6 Å². The van der Waals surface area contributed by atoms with Gasteiger partial charge in [0.15, 0.2) is 0 Å². The molecule has 0 heterocycles. The van der Waals surface area contributed by atoms with Crippen molar-refractivity contribution in [3.8, 4) is 6.07 Å². The third-order valence-corrected chi connectivity index (χ3v) is 2.08. The van der Waals surface area contributed by atoms with Gasteiger partial charge in [0.2, 0.25) is 5.91 Å². The van der Waals surface area contributed by atoms with Crippen molar-refractivity contribution in [2.45, 2.75) is 6.92 Å². The maximum atomic E-state index is 10.7. The average molecular weight is 286 g/mol. The molecule has 66 valence electrons. The van der Waals surface area contributed by atoms with Crippen LogP contribution in [0.1, 0.15) is 12.5 Å². The lowest BCUT2D eigenvalue weighted by molar-refractivity contribution is -0.114. The lowest BCUT2D eigenvalue weighted by Gasteiger charge is -2.03. The SMILES string of the molecule is CC(=O)Nc1ccc(I)cc1C#N. The molecule has 0 saturated carbocycles. The second-order valence-corrected chi connectivity index (χ2v) is 3.73. The summed E-state index contributed by atoms with van der Waals surface area (Å²) in [6, 6.07) is 7.31. The van der Waals surface area contributed by atoms with Crippen LogP contribution in [0, 0.1) is 14.9 Å². The number of halogens is 1. The monoisotopic (exact) mass is 286 g/mol. The topological polar surface area (TPSA) is 52.9 Å². The maximum absolute atomic E-state index is 10.7. The highest BCUT2D eigenvalue weighted by atomic mass is 127. The van der Waals surface area contributed by atoms with Crippen molar-refractivity contribution < 1.29 is 4.79 Å². The van der Waals surface area contributed by atoms with Gasteiger partial charge in [-0.15, -0.1) is 0 Å². The van der Waals surface area contributed by atoms with E-state index < -0.39 is 0 Å². The largest absolute Gasteiger partial charge is 0.325 e. The summed E-state index contributed by atoms with van der Waals surface area (Å²) in [6.07, 6.45) is 0. The molecule has 0 atom stereocenters. The van der Waals surface area contributed by atoms with Gasteiger partial charge in [-0.05, 0) is 40.8 Å². The van der Waals surface area contributed by atoms with Crippen molar-refractivity contribution in [2.75, 3.05) is 5.32 Å². The van der Waals surface area contributed by atoms with Crippen molar-refractivity contribution in [2.24, 2.45) is 0 Å². The summed E-state index contributed by atoms with van der Waals surface area (Å²) in [7, 11) is 0. The Morgan fingerprint density at radius 1 is 1.62 bits per heavy atom. The minimum absolute atomic E-state index is 0.169. The smallest absolute Gasteiger partial charge is 0.221 e. The van der Waals surface area contributed by atoms with Crippen molar-refractivity contribution in [3.05, 3.63) is 27.3 Å². The van der Waals surface area contributed by atoms with E-state index in [-0.39, 0.29) is 5.91 Å². The fraction of sp³-hybridized carbons (Fsp3) is 0.111. The molecule has 13 heavy (non-hydrogen) atoms. The molecule has 1 aromatic rings. The molecule has 0 bridgehead atoms. The minimum atomic E-state index is -0.169. The second-order valence-electron chi connectivity index (χ2n) is 2.48. The number of hydrogen-bond donors (Lipinski definition) is 1. The van der Waals surface area contributed by atoms with Gasteiger partial charge in [0.25, 0.3) is 0 Å². The Bertz CT molecular complexity index is 382. The van der Waals surface area contributed by atoms with E-state index in [4.69, 9.17) is 5.26 Å². The zero-order valence-electron chi connectivity index (χ0n) is 6.97. The molecule has 0 spiro atoms. The molecule has 1 rings (SSSR count). The third kappa shape index (κ3) is 2.70. The summed E-state index contributed by atoms with van der Waals surface area (Å²) in [5.74, 6) is -0.169. The first kappa shape index (κ1) is 9.99. The Kier molecular flexibility index (Phi) is 3.25. The molecule has 3 nitrogen and oxygen atoms in total. The number of hydrogen-bond acceptors (Lipinski definition) is 2. The highest BCUT2D eigenvalue weighted by Gasteiger charge is 2.03. The third-order valence-electron chi connectivity index (χ3n) is 1.41. The first-order valence-electron chi connectivity index (χ1n) is 3.60. The van der Waals surface area contributed by atoms with Crippen LogP contribution in [-0.4, -0.2) is 5.91 Å². The highest BCUT2D eigenvalue weighted by Crippen LogP contribution is 2.17. The van der Waals surface area contributed by atoms with Crippen LogP contribution < -0.4 is 5.32 Å².